The van der Waals surface area contributed by atoms with E-state index in [1.54, 1.807) is 40.4 Å². The summed E-state index contributed by atoms with van der Waals surface area (Å²) in [5.74, 6) is 0. The van der Waals surface area contributed by atoms with Gasteiger partial charge >= 0.3 is 0 Å². The summed E-state index contributed by atoms with van der Waals surface area (Å²) >= 11 is 11.0. The van der Waals surface area contributed by atoms with E-state index < -0.39 is 0 Å². The molecule has 0 unspecified atom stereocenters. The lowest BCUT2D eigenvalue weighted by molar-refractivity contribution is 0.734. The highest BCUT2D eigenvalue weighted by molar-refractivity contribution is 9.10. The molecule has 0 aliphatic rings. The molecular weight excluding hydrogens is 422 g/mol. The number of hydrogen-bond donors (Lipinski definition) is 0. The van der Waals surface area contributed by atoms with Crippen molar-refractivity contribution in [3.05, 3.63) is 79.7 Å². The molecule has 0 aliphatic carbocycles. The molecule has 0 aliphatic heterocycles. The second kappa shape index (κ2) is 6.71. The van der Waals surface area contributed by atoms with Crippen molar-refractivity contribution in [2.24, 2.45) is 0 Å². The van der Waals surface area contributed by atoms with Crippen LogP contribution < -0.4 is 5.56 Å². The van der Waals surface area contributed by atoms with Gasteiger partial charge in [0.2, 0.25) is 0 Å². The van der Waals surface area contributed by atoms with Crippen LogP contribution in [-0.2, 0) is 6.54 Å². The van der Waals surface area contributed by atoms with E-state index in [1.807, 2.05) is 29.6 Å². The van der Waals surface area contributed by atoms with Crippen LogP contribution >= 0.6 is 38.9 Å². The molecule has 124 valence electrons. The number of benzene rings is 2. The summed E-state index contributed by atoms with van der Waals surface area (Å²) in [6.45, 7) is 0.374. The van der Waals surface area contributed by atoms with Gasteiger partial charge in [0.05, 0.1) is 29.5 Å². The molecule has 2 aromatic heterocycles. The molecule has 7 heteroatoms. The molecule has 0 saturated carbocycles. The molecular formula is C18H11BrClN3OS. The molecule has 2 aromatic carbocycles. The van der Waals surface area contributed by atoms with Gasteiger partial charge in [-0.2, -0.15) is 0 Å². The van der Waals surface area contributed by atoms with Gasteiger partial charge < -0.3 is 0 Å². The summed E-state index contributed by atoms with van der Waals surface area (Å²) < 4.78 is 2.56. The van der Waals surface area contributed by atoms with Crippen LogP contribution in [0.5, 0.6) is 0 Å². The Bertz CT molecular complexity index is 1140. The fourth-order valence-corrected chi connectivity index (χ4v) is 3.93. The highest BCUT2D eigenvalue weighted by Gasteiger charge is 2.09. The first-order valence-corrected chi connectivity index (χ1v) is 9.50. The third kappa shape index (κ3) is 3.38. The average Bonchev–Trinajstić information content (AvgIpc) is 3.07. The number of aromatic nitrogens is 3. The minimum Gasteiger partial charge on any atom is -0.293 e. The number of thiazole rings is 1. The molecule has 2 heterocycles. The van der Waals surface area contributed by atoms with Gasteiger partial charge in [0.15, 0.2) is 0 Å². The highest BCUT2D eigenvalue weighted by atomic mass is 79.9. The van der Waals surface area contributed by atoms with Crippen LogP contribution in [0.15, 0.2) is 63.4 Å². The van der Waals surface area contributed by atoms with Crippen LogP contribution in [0.25, 0.3) is 21.5 Å². The lowest BCUT2D eigenvalue weighted by Crippen LogP contribution is -2.21. The third-order valence-electron chi connectivity index (χ3n) is 3.74. The summed E-state index contributed by atoms with van der Waals surface area (Å²) in [7, 11) is 0. The lowest BCUT2D eigenvalue weighted by Gasteiger charge is -2.05. The summed E-state index contributed by atoms with van der Waals surface area (Å²) in [5.41, 5.74) is 2.38. The van der Waals surface area contributed by atoms with Crippen LogP contribution in [0.1, 0.15) is 5.69 Å². The zero-order valence-electron chi connectivity index (χ0n) is 12.8. The Kier molecular flexibility index (Phi) is 4.41. The molecule has 4 aromatic rings. The Morgan fingerprint density at radius 1 is 1.20 bits per heavy atom. The third-order valence-corrected chi connectivity index (χ3v) is 5.41. The monoisotopic (exact) mass is 431 g/mol. The van der Waals surface area contributed by atoms with Gasteiger partial charge in [0.1, 0.15) is 5.01 Å². The lowest BCUT2D eigenvalue weighted by atomic mass is 10.2. The minimum atomic E-state index is -0.121. The van der Waals surface area contributed by atoms with E-state index in [0.717, 1.165) is 20.7 Å². The van der Waals surface area contributed by atoms with Gasteiger partial charge in [-0.3, -0.25) is 9.36 Å². The van der Waals surface area contributed by atoms with Crippen molar-refractivity contribution in [2.45, 2.75) is 6.54 Å². The van der Waals surface area contributed by atoms with E-state index in [0.29, 0.717) is 22.5 Å². The predicted molar refractivity (Wildman–Crippen MR) is 105 cm³/mol. The Labute approximate surface area is 160 Å². The van der Waals surface area contributed by atoms with Crippen LogP contribution in [-0.4, -0.2) is 14.5 Å². The van der Waals surface area contributed by atoms with Crippen LogP contribution in [0.4, 0.5) is 0 Å². The number of nitrogens with zero attached hydrogens (tertiary/aromatic N) is 3. The largest absolute Gasteiger partial charge is 0.293 e. The van der Waals surface area contributed by atoms with E-state index in [2.05, 4.69) is 25.9 Å². The van der Waals surface area contributed by atoms with Crippen molar-refractivity contribution in [1.82, 2.24) is 14.5 Å². The number of fused-ring (bicyclic) bond motifs is 1. The van der Waals surface area contributed by atoms with Crippen molar-refractivity contribution in [1.29, 1.82) is 0 Å². The van der Waals surface area contributed by atoms with Crippen molar-refractivity contribution in [2.75, 3.05) is 0 Å². The molecule has 0 spiro atoms. The zero-order valence-corrected chi connectivity index (χ0v) is 16.0. The molecule has 4 rings (SSSR count). The fraction of sp³-hybridized carbons (Fsp3) is 0.0556. The summed E-state index contributed by atoms with van der Waals surface area (Å²) in [6.07, 6.45) is 1.55. The first-order chi connectivity index (χ1) is 12.1. The van der Waals surface area contributed by atoms with Gasteiger partial charge in [-0.05, 0) is 30.3 Å². The first kappa shape index (κ1) is 16.4. The van der Waals surface area contributed by atoms with E-state index >= 15 is 0 Å². The second-order valence-corrected chi connectivity index (χ2v) is 7.70. The topological polar surface area (TPSA) is 47.8 Å². The summed E-state index contributed by atoms with van der Waals surface area (Å²) in [5, 5.41) is 3.92. The maximum Gasteiger partial charge on any atom is 0.261 e. The molecule has 0 radical (unpaired) electrons. The quantitative estimate of drug-likeness (QED) is 0.458. The average molecular weight is 433 g/mol. The Morgan fingerprint density at radius 3 is 2.92 bits per heavy atom. The predicted octanol–water partition coefficient (Wildman–Crippen LogP) is 4.98. The number of halogens is 2. The normalized spacial score (nSPS) is 11.1. The van der Waals surface area contributed by atoms with Gasteiger partial charge in [-0.25, -0.2) is 9.97 Å². The van der Waals surface area contributed by atoms with Crippen LogP contribution in [0, 0.1) is 0 Å². The van der Waals surface area contributed by atoms with Crippen LogP contribution in [0.3, 0.4) is 0 Å². The fourth-order valence-electron chi connectivity index (χ4n) is 2.55. The van der Waals surface area contributed by atoms with Crippen molar-refractivity contribution >= 4 is 49.8 Å². The van der Waals surface area contributed by atoms with E-state index in [-0.39, 0.29) is 5.56 Å². The summed E-state index contributed by atoms with van der Waals surface area (Å²) in [4.78, 5) is 21.6. The second-order valence-electron chi connectivity index (χ2n) is 5.49. The maximum atomic E-state index is 12.6. The molecule has 25 heavy (non-hydrogen) atoms. The van der Waals surface area contributed by atoms with E-state index in [1.165, 1.54) is 0 Å². The molecule has 0 amide bonds. The first-order valence-electron chi connectivity index (χ1n) is 7.45. The maximum absolute atomic E-state index is 12.6. The summed E-state index contributed by atoms with van der Waals surface area (Å²) in [6, 6.07) is 13.1. The Morgan fingerprint density at radius 2 is 2.08 bits per heavy atom. The minimum absolute atomic E-state index is 0.121. The Balaban J connectivity index is 1.68. The van der Waals surface area contributed by atoms with E-state index in [4.69, 9.17) is 11.6 Å². The van der Waals surface area contributed by atoms with Gasteiger partial charge in [0.25, 0.3) is 5.56 Å². The van der Waals surface area contributed by atoms with Gasteiger partial charge in [0, 0.05) is 20.4 Å². The number of hydrogen-bond acceptors (Lipinski definition) is 4. The number of rotatable bonds is 3. The van der Waals surface area contributed by atoms with E-state index in [9.17, 15) is 4.79 Å². The van der Waals surface area contributed by atoms with Gasteiger partial charge in [-0.1, -0.05) is 39.7 Å². The standard InChI is InChI=1S/C18H11BrClN3OS/c19-12-3-1-2-11(6-12)17-22-14(9-25-17)8-23-10-21-16-5-4-13(20)7-15(16)18(23)24/h1-7,9-10H,8H2. The smallest absolute Gasteiger partial charge is 0.261 e. The molecule has 0 N–H and O–H groups in total. The van der Waals surface area contributed by atoms with Crippen LogP contribution in [0.2, 0.25) is 5.02 Å². The molecule has 0 atom stereocenters. The molecule has 0 fully saturated rings. The Hall–Kier alpha value is -2.02. The zero-order chi connectivity index (χ0) is 17.4. The van der Waals surface area contributed by atoms with Gasteiger partial charge in [-0.15, -0.1) is 11.3 Å². The molecule has 4 nitrogen and oxygen atoms in total. The van der Waals surface area contributed by atoms with Crippen molar-refractivity contribution in [3.63, 3.8) is 0 Å². The highest BCUT2D eigenvalue weighted by Crippen LogP contribution is 2.26. The van der Waals surface area contributed by atoms with Crippen molar-refractivity contribution in [3.8, 4) is 10.6 Å². The molecule has 0 saturated heterocycles. The van der Waals surface area contributed by atoms with Crippen molar-refractivity contribution < 1.29 is 0 Å². The SMILES string of the molecule is O=c1c2cc(Cl)ccc2ncn1Cc1csc(-c2cccc(Br)c2)n1. The molecule has 0 bridgehead atoms.